The Morgan fingerprint density at radius 2 is 1.97 bits per heavy atom. The number of hydrogen-bond acceptors (Lipinski definition) is 4. The number of aliphatic hydroxyl groups is 1. The molecule has 1 aliphatic heterocycles. The van der Waals surface area contributed by atoms with Crippen LogP contribution in [0.1, 0.15) is 50.1 Å². The van der Waals surface area contributed by atoms with E-state index in [-0.39, 0.29) is 12.0 Å². The number of imidazole rings is 1. The number of nitrogens with one attached hydrogen (secondary N) is 1. The fourth-order valence-corrected chi connectivity index (χ4v) is 8.53. The third-order valence-electron chi connectivity index (χ3n) is 8.21. The quantitative estimate of drug-likeness (QED) is 0.678. The van der Waals surface area contributed by atoms with E-state index in [9.17, 15) is 13.5 Å². The van der Waals surface area contributed by atoms with Gasteiger partial charge in [-0.05, 0) is 67.8 Å². The van der Waals surface area contributed by atoms with Crippen LogP contribution in [0.25, 0.3) is 11.3 Å². The van der Waals surface area contributed by atoms with Crippen molar-refractivity contribution < 1.29 is 13.5 Å². The van der Waals surface area contributed by atoms with Gasteiger partial charge in [-0.15, -0.1) is 0 Å². The molecule has 4 saturated carbocycles. The van der Waals surface area contributed by atoms with Gasteiger partial charge in [-0.25, -0.2) is 10.1 Å². The summed E-state index contributed by atoms with van der Waals surface area (Å²) in [6, 6.07) is 8.49. The van der Waals surface area contributed by atoms with E-state index in [1.807, 2.05) is 18.6 Å². The summed E-state index contributed by atoms with van der Waals surface area (Å²) in [5, 5.41) is 16.8. The number of hydrogen-bond donors (Lipinski definition) is 3. The van der Waals surface area contributed by atoms with E-state index in [1.165, 1.54) is 11.1 Å². The fraction of sp³-hybridized carbons (Fsp3) is 0.591. The van der Waals surface area contributed by atoms with Crippen molar-refractivity contribution in [2.45, 2.75) is 56.2 Å². The van der Waals surface area contributed by atoms with Gasteiger partial charge in [0.05, 0.1) is 30.4 Å². The Morgan fingerprint density at radius 3 is 2.70 bits per heavy atom. The first kappa shape index (κ1) is 19.0. The standard InChI is InChI=1S/C22H28N4O3S/c23-30(28,29)25-22-8-13-5-14(9-22)21(15(6-13)10-22)20(27)7-18-16-3-1-2-4-17(16)19-11-24-12-26(18)19/h1-4,11-15,18,20-21,25,27H,5-10H2,(H2,23,28,29). The van der Waals surface area contributed by atoms with Gasteiger partial charge in [0, 0.05) is 11.1 Å². The molecule has 7 rings (SSSR count). The number of rotatable bonds is 5. The number of nitrogens with zero attached hydrogens (tertiary/aromatic N) is 2. The molecule has 2 heterocycles. The molecule has 4 N–H and O–H groups in total. The molecule has 4 unspecified atom stereocenters. The van der Waals surface area contributed by atoms with Crippen LogP contribution < -0.4 is 9.86 Å². The van der Waals surface area contributed by atoms with Crippen molar-refractivity contribution in [3.63, 3.8) is 0 Å². The summed E-state index contributed by atoms with van der Waals surface area (Å²) in [5.41, 5.74) is 3.17. The van der Waals surface area contributed by atoms with Crippen molar-refractivity contribution in [2.24, 2.45) is 28.8 Å². The molecule has 5 aliphatic rings. The van der Waals surface area contributed by atoms with Gasteiger partial charge in [0.1, 0.15) is 0 Å². The molecular weight excluding hydrogens is 400 g/mol. The van der Waals surface area contributed by atoms with Gasteiger partial charge in [-0.1, -0.05) is 24.3 Å². The molecule has 4 atom stereocenters. The number of fused-ring (bicyclic) bond motifs is 3. The van der Waals surface area contributed by atoms with E-state index in [0.717, 1.165) is 37.8 Å². The Labute approximate surface area is 176 Å². The van der Waals surface area contributed by atoms with E-state index >= 15 is 0 Å². The fourth-order valence-electron chi connectivity index (χ4n) is 7.68. The minimum atomic E-state index is -3.73. The van der Waals surface area contributed by atoms with E-state index in [1.54, 1.807) is 0 Å². The molecule has 2 aromatic rings. The van der Waals surface area contributed by atoms with Crippen LogP contribution in [0.15, 0.2) is 36.8 Å². The molecule has 1 aromatic carbocycles. The smallest absolute Gasteiger partial charge is 0.274 e. The van der Waals surface area contributed by atoms with Crippen LogP contribution in [0.3, 0.4) is 0 Å². The highest BCUT2D eigenvalue weighted by Gasteiger charge is 2.57. The number of benzene rings is 1. The average Bonchev–Trinajstić information content (AvgIpc) is 3.22. The highest BCUT2D eigenvalue weighted by atomic mass is 32.2. The van der Waals surface area contributed by atoms with Crippen molar-refractivity contribution in [3.8, 4) is 11.3 Å². The van der Waals surface area contributed by atoms with Crippen LogP contribution in [0, 0.1) is 23.7 Å². The Bertz CT molecular complexity index is 1080. The number of aliphatic hydroxyl groups excluding tert-OH is 1. The van der Waals surface area contributed by atoms with E-state index in [4.69, 9.17) is 5.14 Å². The number of nitrogens with two attached hydrogens (primary N) is 1. The number of aromatic nitrogens is 2. The molecule has 160 valence electrons. The van der Waals surface area contributed by atoms with Crippen molar-refractivity contribution in [1.29, 1.82) is 0 Å². The Morgan fingerprint density at radius 1 is 1.23 bits per heavy atom. The zero-order valence-corrected chi connectivity index (χ0v) is 17.6. The second-order valence-corrected chi connectivity index (χ2v) is 11.4. The molecule has 0 radical (unpaired) electrons. The summed E-state index contributed by atoms with van der Waals surface area (Å²) in [7, 11) is -3.73. The third kappa shape index (κ3) is 2.88. The van der Waals surface area contributed by atoms with E-state index in [2.05, 4.69) is 32.5 Å². The molecule has 0 saturated heterocycles. The van der Waals surface area contributed by atoms with Crippen molar-refractivity contribution >= 4 is 10.2 Å². The van der Waals surface area contributed by atoms with Crippen molar-refractivity contribution in [2.75, 3.05) is 0 Å². The highest BCUT2D eigenvalue weighted by molar-refractivity contribution is 7.87. The largest absolute Gasteiger partial charge is 0.393 e. The highest BCUT2D eigenvalue weighted by Crippen LogP contribution is 2.60. The summed E-state index contributed by atoms with van der Waals surface area (Å²) in [6.07, 6.45) is 8.65. The minimum Gasteiger partial charge on any atom is -0.393 e. The summed E-state index contributed by atoms with van der Waals surface area (Å²) >= 11 is 0. The van der Waals surface area contributed by atoms with Crippen LogP contribution in [-0.2, 0) is 10.2 Å². The zero-order valence-electron chi connectivity index (χ0n) is 16.8. The lowest BCUT2D eigenvalue weighted by molar-refractivity contribution is -0.106. The Hall–Kier alpha value is -1.74. The molecule has 30 heavy (non-hydrogen) atoms. The monoisotopic (exact) mass is 428 g/mol. The lowest BCUT2D eigenvalue weighted by Crippen LogP contribution is -2.64. The third-order valence-corrected chi connectivity index (χ3v) is 8.93. The molecule has 1 aromatic heterocycles. The summed E-state index contributed by atoms with van der Waals surface area (Å²) in [6.45, 7) is 0. The average molecular weight is 429 g/mol. The minimum absolute atomic E-state index is 0.0994. The normalized spacial score (nSPS) is 37.2. The maximum atomic E-state index is 11.8. The van der Waals surface area contributed by atoms with Gasteiger partial charge in [-0.3, -0.25) is 0 Å². The van der Waals surface area contributed by atoms with Crippen LogP contribution in [0.2, 0.25) is 0 Å². The van der Waals surface area contributed by atoms with Gasteiger partial charge < -0.3 is 9.67 Å². The molecular formula is C22H28N4O3S. The summed E-state index contributed by atoms with van der Waals surface area (Å²) in [4.78, 5) is 4.33. The van der Waals surface area contributed by atoms with Gasteiger partial charge >= 0.3 is 0 Å². The topological polar surface area (TPSA) is 110 Å². The predicted octanol–water partition coefficient (Wildman–Crippen LogP) is 2.19. The Balaban J connectivity index is 1.26. The van der Waals surface area contributed by atoms with Crippen LogP contribution in [0.4, 0.5) is 0 Å². The molecule has 4 aliphatic carbocycles. The lowest BCUT2D eigenvalue weighted by Gasteiger charge is -2.60. The maximum absolute atomic E-state index is 11.8. The molecule has 8 heteroatoms. The molecule has 4 fully saturated rings. The van der Waals surface area contributed by atoms with Crippen LogP contribution in [-0.4, -0.2) is 34.7 Å². The van der Waals surface area contributed by atoms with Gasteiger partial charge in [0.25, 0.3) is 10.2 Å². The van der Waals surface area contributed by atoms with Crippen molar-refractivity contribution in [1.82, 2.24) is 14.3 Å². The van der Waals surface area contributed by atoms with Gasteiger partial charge in [0.15, 0.2) is 0 Å². The van der Waals surface area contributed by atoms with E-state index < -0.39 is 21.9 Å². The van der Waals surface area contributed by atoms with Gasteiger partial charge in [0.2, 0.25) is 0 Å². The second-order valence-electron chi connectivity index (χ2n) is 10.1. The first-order valence-electron chi connectivity index (χ1n) is 10.9. The molecule has 0 spiro atoms. The lowest BCUT2D eigenvalue weighted by atomic mass is 9.48. The molecule has 7 nitrogen and oxygen atoms in total. The SMILES string of the molecule is NS(=O)(=O)NC12CC3CC(C1)C(C(O)CC1c4ccccc4-c4cncn41)C(C3)C2. The summed E-state index contributed by atoms with van der Waals surface area (Å²) in [5.74, 6) is 1.45. The predicted molar refractivity (Wildman–Crippen MR) is 112 cm³/mol. The van der Waals surface area contributed by atoms with Gasteiger partial charge in [-0.2, -0.15) is 13.1 Å². The van der Waals surface area contributed by atoms with Crippen LogP contribution in [0.5, 0.6) is 0 Å². The maximum Gasteiger partial charge on any atom is 0.274 e. The molecule has 4 bridgehead atoms. The van der Waals surface area contributed by atoms with Crippen LogP contribution >= 0.6 is 0 Å². The zero-order chi connectivity index (χ0) is 20.7. The van der Waals surface area contributed by atoms with E-state index in [0.29, 0.717) is 24.2 Å². The summed E-state index contributed by atoms with van der Waals surface area (Å²) < 4.78 is 28.5. The second kappa shape index (κ2) is 6.38. The molecule has 0 amide bonds. The first-order chi connectivity index (χ1) is 14.3. The first-order valence-corrected chi connectivity index (χ1v) is 12.5. The Kier molecular flexibility index (Phi) is 4.04. The van der Waals surface area contributed by atoms with Crippen molar-refractivity contribution in [3.05, 3.63) is 42.4 Å².